The van der Waals surface area contributed by atoms with Crippen LogP contribution in [0.4, 0.5) is 0 Å². The number of aromatic nitrogens is 1. The van der Waals surface area contributed by atoms with Crippen molar-refractivity contribution in [1.29, 1.82) is 0 Å². The van der Waals surface area contributed by atoms with Gasteiger partial charge < -0.3 is 10.1 Å². The first-order valence-corrected chi connectivity index (χ1v) is 5.71. The first-order chi connectivity index (χ1) is 9.22. The van der Waals surface area contributed by atoms with E-state index in [9.17, 15) is 9.59 Å². The minimum atomic E-state index is -0.484. The summed E-state index contributed by atoms with van der Waals surface area (Å²) in [5, 5.41) is 6.23. The molecule has 1 rings (SSSR count). The standard InChI is InChI=1S/C12H16N4O3/c1-19-7-6-14-11(17)8-12(18)16-15-9-10-4-2-3-5-13-10/h2-5,9H,6-8H2,1H3,(H,14,17)(H,16,18)/b15-9-. The highest BCUT2D eigenvalue weighted by Crippen LogP contribution is 1.88. The Labute approximate surface area is 111 Å². The summed E-state index contributed by atoms with van der Waals surface area (Å²) in [6, 6.07) is 5.33. The summed E-state index contributed by atoms with van der Waals surface area (Å²) in [4.78, 5) is 26.6. The Kier molecular flexibility index (Phi) is 6.81. The number of methoxy groups -OCH3 is 1. The SMILES string of the molecule is COCCNC(=O)CC(=O)N/N=C\c1ccccn1. The molecule has 0 aromatic carbocycles. The summed E-state index contributed by atoms with van der Waals surface area (Å²) in [7, 11) is 1.53. The van der Waals surface area contributed by atoms with Gasteiger partial charge in [0, 0.05) is 19.9 Å². The highest BCUT2D eigenvalue weighted by atomic mass is 16.5. The van der Waals surface area contributed by atoms with Gasteiger partial charge in [-0.15, -0.1) is 0 Å². The molecular formula is C12H16N4O3. The average Bonchev–Trinajstić information content (AvgIpc) is 2.40. The van der Waals surface area contributed by atoms with Gasteiger partial charge in [0.1, 0.15) is 6.42 Å². The van der Waals surface area contributed by atoms with Crippen molar-refractivity contribution in [2.75, 3.05) is 20.3 Å². The lowest BCUT2D eigenvalue weighted by Gasteiger charge is -2.03. The van der Waals surface area contributed by atoms with Gasteiger partial charge in [-0.2, -0.15) is 5.10 Å². The summed E-state index contributed by atoms with van der Waals surface area (Å²) >= 11 is 0. The predicted molar refractivity (Wildman–Crippen MR) is 69.5 cm³/mol. The van der Waals surface area contributed by atoms with Gasteiger partial charge in [-0.1, -0.05) is 6.07 Å². The lowest BCUT2D eigenvalue weighted by molar-refractivity contribution is -0.129. The number of carbonyl (C=O) groups is 2. The molecule has 1 aromatic heterocycles. The normalized spacial score (nSPS) is 10.4. The molecule has 19 heavy (non-hydrogen) atoms. The Morgan fingerprint density at radius 2 is 2.26 bits per heavy atom. The molecule has 1 heterocycles. The van der Waals surface area contributed by atoms with E-state index in [2.05, 4.69) is 20.8 Å². The smallest absolute Gasteiger partial charge is 0.249 e. The molecule has 7 nitrogen and oxygen atoms in total. The van der Waals surface area contributed by atoms with Crippen molar-refractivity contribution >= 4 is 18.0 Å². The molecule has 0 saturated heterocycles. The molecule has 7 heteroatoms. The third kappa shape index (κ3) is 6.89. The Hall–Kier alpha value is -2.28. The van der Waals surface area contributed by atoms with E-state index in [0.29, 0.717) is 18.8 Å². The first-order valence-electron chi connectivity index (χ1n) is 5.71. The number of carbonyl (C=O) groups excluding carboxylic acids is 2. The van der Waals surface area contributed by atoms with Crippen LogP contribution in [0.5, 0.6) is 0 Å². The number of pyridine rings is 1. The van der Waals surface area contributed by atoms with Crippen LogP contribution in [-0.2, 0) is 14.3 Å². The number of nitrogens with one attached hydrogen (secondary N) is 2. The molecule has 0 bridgehead atoms. The van der Waals surface area contributed by atoms with E-state index in [1.165, 1.54) is 13.3 Å². The summed E-state index contributed by atoms with van der Waals surface area (Å²) in [5.74, 6) is -0.857. The second-order valence-electron chi connectivity index (χ2n) is 3.57. The molecule has 0 aliphatic carbocycles. The van der Waals surface area contributed by atoms with Crippen LogP contribution in [0.3, 0.4) is 0 Å². The van der Waals surface area contributed by atoms with E-state index < -0.39 is 5.91 Å². The van der Waals surface area contributed by atoms with Crippen LogP contribution in [0.2, 0.25) is 0 Å². The van der Waals surface area contributed by atoms with Crippen molar-refractivity contribution < 1.29 is 14.3 Å². The number of amides is 2. The number of hydrogen-bond acceptors (Lipinski definition) is 5. The van der Waals surface area contributed by atoms with E-state index >= 15 is 0 Å². The van der Waals surface area contributed by atoms with Crippen molar-refractivity contribution in [1.82, 2.24) is 15.7 Å². The second-order valence-corrected chi connectivity index (χ2v) is 3.57. The minimum absolute atomic E-state index is 0.275. The fraction of sp³-hybridized carbons (Fsp3) is 0.333. The van der Waals surface area contributed by atoms with Crippen molar-refractivity contribution in [3.05, 3.63) is 30.1 Å². The molecule has 0 fully saturated rings. The molecule has 1 aromatic rings. The number of nitrogens with zero attached hydrogens (tertiary/aromatic N) is 2. The Morgan fingerprint density at radius 1 is 1.42 bits per heavy atom. The molecule has 0 aliphatic rings. The fourth-order valence-electron chi connectivity index (χ4n) is 1.16. The van der Waals surface area contributed by atoms with E-state index in [1.807, 2.05) is 0 Å². The predicted octanol–water partition coefficient (Wildman–Crippen LogP) is -0.316. The highest BCUT2D eigenvalue weighted by molar-refractivity contribution is 5.97. The monoisotopic (exact) mass is 264 g/mol. The number of hydrazone groups is 1. The summed E-state index contributed by atoms with van der Waals surface area (Å²) in [6.45, 7) is 0.783. The molecular weight excluding hydrogens is 248 g/mol. The molecule has 2 N–H and O–H groups in total. The summed E-state index contributed by atoms with van der Waals surface area (Å²) < 4.78 is 4.77. The summed E-state index contributed by atoms with van der Waals surface area (Å²) in [6.07, 6.45) is 2.75. The van der Waals surface area contributed by atoms with E-state index in [-0.39, 0.29) is 12.3 Å². The number of ether oxygens (including phenoxy) is 1. The van der Waals surface area contributed by atoms with Crippen LogP contribution in [-0.4, -0.2) is 43.3 Å². The van der Waals surface area contributed by atoms with E-state index in [0.717, 1.165) is 0 Å². The third-order valence-electron chi connectivity index (χ3n) is 2.02. The molecule has 0 radical (unpaired) electrons. The Balaban J connectivity index is 2.24. The van der Waals surface area contributed by atoms with Crippen molar-refractivity contribution in [3.63, 3.8) is 0 Å². The Morgan fingerprint density at radius 3 is 2.95 bits per heavy atom. The topological polar surface area (TPSA) is 92.7 Å². The highest BCUT2D eigenvalue weighted by Gasteiger charge is 2.07. The zero-order chi connectivity index (χ0) is 13.9. The van der Waals surface area contributed by atoms with Crippen LogP contribution in [0.15, 0.2) is 29.5 Å². The quantitative estimate of drug-likeness (QED) is 0.305. The molecule has 0 unspecified atom stereocenters. The zero-order valence-electron chi connectivity index (χ0n) is 10.6. The van der Waals surface area contributed by atoms with Crippen LogP contribution >= 0.6 is 0 Å². The molecule has 102 valence electrons. The lowest BCUT2D eigenvalue weighted by Crippen LogP contribution is -2.31. The van der Waals surface area contributed by atoms with Crippen LogP contribution in [0.25, 0.3) is 0 Å². The van der Waals surface area contributed by atoms with Crippen LogP contribution < -0.4 is 10.7 Å². The second kappa shape index (κ2) is 8.76. The first kappa shape index (κ1) is 14.8. The van der Waals surface area contributed by atoms with Crippen molar-refractivity contribution in [2.45, 2.75) is 6.42 Å². The van der Waals surface area contributed by atoms with Crippen molar-refractivity contribution in [2.24, 2.45) is 5.10 Å². The van der Waals surface area contributed by atoms with E-state index in [4.69, 9.17) is 4.74 Å². The van der Waals surface area contributed by atoms with Gasteiger partial charge in [-0.25, -0.2) is 5.43 Å². The number of rotatable bonds is 7. The average molecular weight is 264 g/mol. The zero-order valence-corrected chi connectivity index (χ0v) is 10.6. The maximum absolute atomic E-state index is 11.3. The van der Waals surface area contributed by atoms with Crippen molar-refractivity contribution in [3.8, 4) is 0 Å². The summed E-state index contributed by atoms with van der Waals surface area (Å²) in [5.41, 5.74) is 2.87. The third-order valence-corrected chi connectivity index (χ3v) is 2.02. The van der Waals surface area contributed by atoms with Gasteiger partial charge >= 0.3 is 0 Å². The maximum atomic E-state index is 11.3. The molecule has 0 spiro atoms. The van der Waals surface area contributed by atoms with Gasteiger partial charge in [-0.05, 0) is 12.1 Å². The maximum Gasteiger partial charge on any atom is 0.249 e. The number of hydrogen-bond donors (Lipinski definition) is 2. The fourth-order valence-corrected chi connectivity index (χ4v) is 1.16. The Bertz CT molecular complexity index is 434. The molecule has 0 atom stereocenters. The van der Waals surface area contributed by atoms with Gasteiger partial charge in [0.05, 0.1) is 18.5 Å². The largest absolute Gasteiger partial charge is 0.383 e. The minimum Gasteiger partial charge on any atom is -0.383 e. The molecule has 0 aliphatic heterocycles. The van der Waals surface area contributed by atoms with Gasteiger partial charge in [0.25, 0.3) is 0 Å². The van der Waals surface area contributed by atoms with Gasteiger partial charge in [0.2, 0.25) is 11.8 Å². The molecule has 2 amide bonds. The van der Waals surface area contributed by atoms with Gasteiger partial charge in [-0.3, -0.25) is 14.6 Å². The molecule has 0 saturated carbocycles. The van der Waals surface area contributed by atoms with Crippen LogP contribution in [0.1, 0.15) is 12.1 Å². The lowest BCUT2D eigenvalue weighted by atomic mass is 10.4. The van der Waals surface area contributed by atoms with Gasteiger partial charge in [0.15, 0.2) is 0 Å². The van der Waals surface area contributed by atoms with Crippen LogP contribution in [0, 0.1) is 0 Å². The van der Waals surface area contributed by atoms with E-state index in [1.54, 1.807) is 24.4 Å².